The molecular formula is C17H21F2NO3. The maximum absolute atomic E-state index is 13.7. The quantitative estimate of drug-likeness (QED) is 0.923. The van der Waals surface area contributed by atoms with E-state index in [-0.39, 0.29) is 29.9 Å². The van der Waals surface area contributed by atoms with Gasteiger partial charge in [0.1, 0.15) is 11.6 Å². The summed E-state index contributed by atoms with van der Waals surface area (Å²) in [5.74, 6) is -1.63. The molecule has 1 amide bonds. The van der Waals surface area contributed by atoms with Crippen LogP contribution in [0.2, 0.25) is 0 Å². The Morgan fingerprint density at radius 2 is 2.17 bits per heavy atom. The summed E-state index contributed by atoms with van der Waals surface area (Å²) in [6.45, 7) is 1.59. The van der Waals surface area contributed by atoms with Crippen LogP contribution in [0.5, 0.6) is 0 Å². The zero-order valence-corrected chi connectivity index (χ0v) is 12.9. The first-order valence-electron chi connectivity index (χ1n) is 8.05. The highest BCUT2D eigenvalue weighted by atomic mass is 19.1. The van der Waals surface area contributed by atoms with E-state index in [2.05, 4.69) is 0 Å². The fourth-order valence-electron chi connectivity index (χ4n) is 3.59. The lowest BCUT2D eigenvalue weighted by atomic mass is 9.89. The van der Waals surface area contributed by atoms with E-state index in [1.807, 2.05) is 0 Å². The lowest BCUT2D eigenvalue weighted by molar-refractivity contribution is -0.135. The number of amides is 1. The third-order valence-electron chi connectivity index (χ3n) is 4.83. The maximum Gasteiger partial charge on any atom is 0.227 e. The van der Waals surface area contributed by atoms with Crippen LogP contribution in [0.25, 0.3) is 0 Å². The number of carbonyl (C=O) groups is 1. The molecule has 1 N–H and O–H groups in total. The molecule has 6 heteroatoms. The minimum atomic E-state index is -0.699. The molecule has 0 unspecified atom stereocenters. The predicted octanol–water partition coefficient (Wildman–Crippen LogP) is 1.90. The zero-order chi connectivity index (χ0) is 16.4. The molecule has 4 nitrogen and oxygen atoms in total. The molecule has 0 saturated carbocycles. The summed E-state index contributed by atoms with van der Waals surface area (Å²) in [4.78, 5) is 14.3. The number of aliphatic hydroxyl groups is 1. The van der Waals surface area contributed by atoms with Gasteiger partial charge in [-0.15, -0.1) is 0 Å². The van der Waals surface area contributed by atoms with Crippen molar-refractivity contribution in [2.75, 3.05) is 19.8 Å². The Morgan fingerprint density at radius 1 is 1.35 bits per heavy atom. The highest BCUT2D eigenvalue weighted by molar-refractivity contribution is 5.79. The van der Waals surface area contributed by atoms with Crippen LogP contribution in [0.1, 0.15) is 24.8 Å². The van der Waals surface area contributed by atoms with E-state index in [4.69, 9.17) is 4.74 Å². The average molecular weight is 325 g/mol. The largest absolute Gasteiger partial charge is 0.393 e. The SMILES string of the molecule is O=C(Cc1ccc(F)cc1F)N1CCC[C@@H]1[C@@H]1COCC[C@@H]1O. The molecule has 0 spiro atoms. The molecule has 1 aromatic rings. The summed E-state index contributed by atoms with van der Waals surface area (Å²) < 4.78 is 32.1. The highest BCUT2D eigenvalue weighted by Crippen LogP contribution is 2.30. The van der Waals surface area contributed by atoms with Crippen molar-refractivity contribution in [2.45, 2.75) is 37.8 Å². The maximum atomic E-state index is 13.7. The van der Waals surface area contributed by atoms with E-state index >= 15 is 0 Å². The van der Waals surface area contributed by atoms with Gasteiger partial charge in [-0.1, -0.05) is 6.07 Å². The van der Waals surface area contributed by atoms with Gasteiger partial charge >= 0.3 is 0 Å². The fourth-order valence-corrected chi connectivity index (χ4v) is 3.59. The van der Waals surface area contributed by atoms with Crippen molar-refractivity contribution in [3.8, 4) is 0 Å². The van der Waals surface area contributed by atoms with Crippen LogP contribution in [0.3, 0.4) is 0 Å². The molecule has 2 saturated heterocycles. The summed E-state index contributed by atoms with van der Waals surface area (Å²) in [5, 5.41) is 10.2. The van der Waals surface area contributed by atoms with Crippen LogP contribution in [-0.4, -0.2) is 47.8 Å². The van der Waals surface area contributed by atoms with E-state index in [9.17, 15) is 18.7 Å². The third-order valence-corrected chi connectivity index (χ3v) is 4.83. The number of hydrogen-bond donors (Lipinski definition) is 1. The molecule has 1 aromatic carbocycles. The molecule has 0 bridgehead atoms. The summed E-state index contributed by atoms with van der Waals surface area (Å²) in [7, 11) is 0. The highest BCUT2D eigenvalue weighted by Gasteiger charge is 2.39. The molecule has 3 atom stereocenters. The first kappa shape index (κ1) is 16.3. The number of carbonyl (C=O) groups excluding carboxylic acids is 1. The second kappa shape index (κ2) is 6.93. The van der Waals surface area contributed by atoms with E-state index in [0.29, 0.717) is 26.2 Å². The lowest BCUT2D eigenvalue weighted by Crippen LogP contribution is -2.48. The summed E-state index contributed by atoms with van der Waals surface area (Å²) >= 11 is 0. The Hall–Kier alpha value is -1.53. The summed E-state index contributed by atoms with van der Waals surface area (Å²) in [6.07, 6.45) is 1.71. The predicted molar refractivity (Wildman–Crippen MR) is 79.7 cm³/mol. The van der Waals surface area contributed by atoms with Gasteiger partial charge in [0.15, 0.2) is 0 Å². The van der Waals surface area contributed by atoms with Crippen molar-refractivity contribution in [3.63, 3.8) is 0 Å². The summed E-state index contributed by atoms with van der Waals surface area (Å²) in [6, 6.07) is 3.20. The smallest absolute Gasteiger partial charge is 0.227 e. The van der Waals surface area contributed by atoms with Gasteiger partial charge in [0, 0.05) is 31.2 Å². The molecule has 2 fully saturated rings. The van der Waals surface area contributed by atoms with Gasteiger partial charge in [-0.2, -0.15) is 0 Å². The number of halogens is 2. The van der Waals surface area contributed by atoms with Crippen LogP contribution in [0.4, 0.5) is 8.78 Å². The van der Waals surface area contributed by atoms with E-state index in [1.165, 1.54) is 6.07 Å². The molecule has 0 radical (unpaired) electrons. The van der Waals surface area contributed by atoms with Crippen molar-refractivity contribution in [1.82, 2.24) is 4.90 Å². The topological polar surface area (TPSA) is 49.8 Å². The molecule has 2 aliphatic heterocycles. The van der Waals surface area contributed by atoms with Crippen LogP contribution in [-0.2, 0) is 16.0 Å². The number of benzene rings is 1. The molecule has 23 heavy (non-hydrogen) atoms. The average Bonchev–Trinajstić information content (AvgIpc) is 3.00. The number of hydrogen-bond acceptors (Lipinski definition) is 3. The van der Waals surface area contributed by atoms with Gasteiger partial charge in [0.2, 0.25) is 5.91 Å². The number of rotatable bonds is 3. The monoisotopic (exact) mass is 325 g/mol. The van der Waals surface area contributed by atoms with Crippen molar-refractivity contribution in [3.05, 3.63) is 35.4 Å². The van der Waals surface area contributed by atoms with Gasteiger partial charge in [-0.25, -0.2) is 8.78 Å². The van der Waals surface area contributed by atoms with Crippen molar-refractivity contribution in [1.29, 1.82) is 0 Å². The van der Waals surface area contributed by atoms with Crippen molar-refractivity contribution < 1.29 is 23.4 Å². The van der Waals surface area contributed by atoms with Crippen LogP contribution in [0.15, 0.2) is 18.2 Å². The molecule has 2 aliphatic rings. The third kappa shape index (κ3) is 3.53. The first-order valence-corrected chi connectivity index (χ1v) is 8.05. The number of nitrogens with zero attached hydrogens (tertiary/aromatic N) is 1. The number of ether oxygens (including phenoxy) is 1. The van der Waals surface area contributed by atoms with Crippen molar-refractivity contribution >= 4 is 5.91 Å². The normalized spacial score (nSPS) is 28.1. The Bertz CT molecular complexity index is 581. The van der Waals surface area contributed by atoms with Gasteiger partial charge in [0.25, 0.3) is 0 Å². The van der Waals surface area contributed by atoms with Gasteiger partial charge < -0.3 is 14.7 Å². The molecule has 0 aliphatic carbocycles. The van der Waals surface area contributed by atoms with Crippen molar-refractivity contribution in [2.24, 2.45) is 5.92 Å². The Balaban J connectivity index is 1.70. The Morgan fingerprint density at radius 3 is 2.91 bits per heavy atom. The molecule has 126 valence electrons. The van der Waals surface area contributed by atoms with Crippen LogP contribution in [0, 0.1) is 17.6 Å². The van der Waals surface area contributed by atoms with Gasteiger partial charge in [0.05, 0.1) is 19.1 Å². The Kier molecular flexibility index (Phi) is 4.92. The lowest BCUT2D eigenvalue weighted by Gasteiger charge is -2.37. The summed E-state index contributed by atoms with van der Waals surface area (Å²) in [5.41, 5.74) is 0.197. The number of aliphatic hydroxyl groups excluding tert-OH is 1. The van der Waals surface area contributed by atoms with Gasteiger partial charge in [-0.3, -0.25) is 4.79 Å². The minimum Gasteiger partial charge on any atom is -0.393 e. The van der Waals surface area contributed by atoms with Crippen LogP contribution < -0.4 is 0 Å². The standard InChI is InChI=1S/C17H21F2NO3/c18-12-4-3-11(14(19)9-12)8-17(22)20-6-1-2-15(20)13-10-23-7-5-16(13)21/h3-4,9,13,15-16,21H,1-2,5-8,10H2/t13-,15+,16-/m0/s1. The molecule has 2 heterocycles. The minimum absolute atomic E-state index is 0.0682. The Labute approximate surface area is 134 Å². The van der Waals surface area contributed by atoms with E-state index in [1.54, 1.807) is 4.90 Å². The molecular weight excluding hydrogens is 304 g/mol. The first-order chi connectivity index (χ1) is 11.1. The number of likely N-dealkylation sites (tertiary alicyclic amines) is 1. The molecule has 0 aromatic heterocycles. The molecule has 3 rings (SSSR count). The fraction of sp³-hybridized carbons (Fsp3) is 0.588. The second-order valence-corrected chi connectivity index (χ2v) is 6.30. The van der Waals surface area contributed by atoms with E-state index < -0.39 is 17.7 Å². The van der Waals surface area contributed by atoms with E-state index in [0.717, 1.165) is 25.0 Å². The van der Waals surface area contributed by atoms with Gasteiger partial charge in [-0.05, 0) is 30.9 Å². The van der Waals surface area contributed by atoms with Crippen LogP contribution >= 0.6 is 0 Å². The second-order valence-electron chi connectivity index (χ2n) is 6.30. The zero-order valence-electron chi connectivity index (χ0n) is 12.9.